The molecule has 9 nitrogen and oxygen atoms in total. The first-order valence-corrected chi connectivity index (χ1v) is 11.5. The first-order valence-electron chi connectivity index (χ1n) is 11.5. The van der Waals surface area contributed by atoms with Crippen LogP contribution in [0.5, 0.6) is 17.2 Å². The highest BCUT2D eigenvalue weighted by molar-refractivity contribution is 5.95. The van der Waals surface area contributed by atoms with Crippen LogP contribution >= 0.6 is 0 Å². The van der Waals surface area contributed by atoms with Crippen LogP contribution in [0.3, 0.4) is 0 Å². The van der Waals surface area contributed by atoms with Crippen LogP contribution in [0, 0.1) is 0 Å². The van der Waals surface area contributed by atoms with E-state index in [1.54, 1.807) is 41.1 Å². The third-order valence-electron chi connectivity index (χ3n) is 5.74. The molecule has 0 radical (unpaired) electrons. The van der Waals surface area contributed by atoms with Crippen molar-refractivity contribution in [1.82, 2.24) is 9.55 Å². The first-order chi connectivity index (χ1) is 17.3. The van der Waals surface area contributed by atoms with Crippen molar-refractivity contribution in [2.24, 2.45) is 0 Å². The van der Waals surface area contributed by atoms with E-state index in [0.717, 1.165) is 12.8 Å². The largest absolute Gasteiger partial charge is 0.508 e. The molecule has 3 aromatic rings. The number of carboxylic acids is 1. The number of rotatable bonds is 11. The molecule has 0 amide bonds. The van der Waals surface area contributed by atoms with Crippen LogP contribution < -0.4 is 9.47 Å². The second-order valence-corrected chi connectivity index (χ2v) is 8.06. The fourth-order valence-electron chi connectivity index (χ4n) is 3.80. The molecular formula is C27H30N2O7. The second-order valence-electron chi connectivity index (χ2n) is 8.06. The van der Waals surface area contributed by atoms with Crippen molar-refractivity contribution >= 4 is 18.0 Å². The van der Waals surface area contributed by atoms with Crippen LogP contribution in [0.25, 0.3) is 11.8 Å². The third-order valence-corrected chi connectivity index (χ3v) is 5.74. The summed E-state index contributed by atoms with van der Waals surface area (Å²) in [6.07, 6.45) is 5.45. The Balaban J connectivity index is 2.16. The predicted octanol–water partition coefficient (Wildman–Crippen LogP) is 4.44. The number of carboxylic acid groups (broad SMARTS) is 1. The van der Waals surface area contributed by atoms with E-state index in [1.165, 1.54) is 33.5 Å². The van der Waals surface area contributed by atoms with Gasteiger partial charge in [-0.3, -0.25) is 4.57 Å². The monoisotopic (exact) mass is 494 g/mol. The first kappa shape index (κ1) is 26.3. The average Bonchev–Trinajstić information content (AvgIpc) is 3.28. The summed E-state index contributed by atoms with van der Waals surface area (Å²) >= 11 is 0. The molecule has 0 fully saturated rings. The summed E-state index contributed by atoms with van der Waals surface area (Å²) in [5, 5.41) is 20.3. The number of phenolic OH excluding ortho intramolecular Hbond substituents is 1. The van der Waals surface area contributed by atoms with Gasteiger partial charge in [0.15, 0.2) is 0 Å². The third kappa shape index (κ3) is 5.86. The molecule has 0 aliphatic heterocycles. The number of carbonyl (C=O) groups excluding carboxylic acids is 1. The number of esters is 1. The Labute approximate surface area is 209 Å². The van der Waals surface area contributed by atoms with Gasteiger partial charge in [0.1, 0.15) is 23.1 Å². The summed E-state index contributed by atoms with van der Waals surface area (Å²) in [4.78, 5) is 29.4. The number of phenols is 1. The molecular weight excluding hydrogens is 464 g/mol. The maximum absolute atomic E-state index is 12.6. The Kier molecular flexibility index (Phi) is 8.72. The van der Waals surface area contributed by atoms with Gasteiger partial charge in [0.2, 0.25) is 0 Å². The van der Waals surface area contributed by atoms with E-state index in [1.807, 2.05) is 0 Å². The molecule has 0 atom stereocenters. The number of aryl methyl sites for hydroxylation is 1. The molecule has 3 rings (SSSR count). The molecule has 0 saturated heterocycles. The van der Waals surface area contributed by atoms with E-state index < -0.39 is 11.9 Å². The van der Waals surface area contributed by atoms with Gasteiger partial charge in [-0.05, 0) is 42.3 Å². The lowest BCUT2D eigenvalue weighted by molar-refractivity contribution is -0.132. The van der Waals surface area contributed by atoms with Crippen LogP contribution in [0.1, 0.15) is 47.2 Å². The quantitative estimate of drug-likeness (QED) is 0.297. The maximum atomic E-state index is 12.6. The molecule has 0 spiro atoms. The Morgan fingerprint density at radius 2 is 1.75 bits per heavy atom. The van der Waals surface area contributed by atoms with Crippen molar-refractivity contribution in [2.75, 3.05) is 21.3 Å². The molecule has 0 aliphatic rings. The number of carbonyl (C=O) groups is 2. The number of imidazole rings is 1. The van der Waals surface area contributed by atoms with Gasteiger partial charge in [-0.15, -0.1) is 0 Å². The van der Waals surface area contributed by atoms with E-state index in [2.05, 4.69) is 11.9 Å². The molecule has 1 heterocycles. The zero-order chi connectivity index (χ0) is 26.2. The van der Waals surface area contributed by atoms with Gasteiger partial charge in [0, 0.05) is 24.5 Å². The number of benzene rings is 2. The SMILES string of the molecule is CCCCc1ncc(C=C(Cc2ccc(OC)cc2O)C(=O)O)n1-c1ccc(OC)cc1C(=O)OC. The predicted molar refractivity (Wildman–Crippen MR) is 134 cm³/mol. The number of hydrogen-bond acceptors (Lipinski definition) is 7. The zero-order valence-corrected chi connectivity index (χ0v) is 20.8. The van der Waals surface area contributed by atoms with Crippen molar-refractivity contribution in [2.45, 2.75) is 32.6 Å². The molecule has 1 aromatic heterocycles. The zero-order valence-electron chi connectivity index (χ0n) is 20.8. The highest BCUT2D eigenvalue weighted by Gasteiger charge is 2.21. The van der Waals surface area contributed by atoms with Crippen molar-refractivity contribution in [1.29, 1.82) is 0 Å². The van der Waals surface area contributed by atoms with Crippen molar-refractivity contribution in [3.8, 4) is 22.9 Å². The maximum Gasteiger partial charge on any atom is 0.340 e. The lowest BCUT2D eigenvalue weighted by Gasteiger charge is -2.16. The average molecular weight is 495 g/mol. The highest BCUT2D eigenvalue weighted by atomic mass is 16.5. The minimum atomic E-state index is -1.14. The minimum absolute atomic E-state index is 0.0341. The second kappa shape index (κ2) is 11.9. The highest BCUT2D eigenvalue weighted by Crippen LogP contribution is 2.29. The number of ether oxygens (including phenoxy) is 3. The minimum Gasteiger partial charge on any atom is -0.508 e. The van der Waals surface area contributed by atoms with Gasteiger partial charge in [-0.25, -0.2) is 14.6 Å². The van der Waals surface area contributed by atoms with Gasteiger partial charge < -0.3 is 24.4 Å². The number of methoxy groups -OCH3 is 3. The van der Waals surface area contributed by atoms with Crippen LogP contribution in [0.2, 0.25) is 0 Å². The number of aliphatic carboxylic acids is 1. The fraction of sp³-hybridized carbons (Fsp3) is 0.296. The summed E-state index contributed by atoms with van der Waals surface area (Å²) < 4.78 is 17.1. The van der Waals surface area contributed by atoms with Crippen LogP contribution in [-0.2, 0) is 22.4 Å². The van der Waals surface area contributed by atoms with Crippen molar-refractivity contribution in [3.05, 3.63) is 70.8 Å². The van der Waals surface area contributed by atoms with E-state index in [9.17, 15) is 19.8 Å². The van der Waals surface area contributed by atoms with E-state index >= 15 is 0 Å². The normalized spacial score (nSPS) is 11.3. The number of aromatic nitrogens is 2. The molecule has 0 aliphatic carbocycles. The molecule has 36 heavy (non-hydrogen) atoms. The topological polar surface area (TPSA) is 120 Å². The van der Waals surface area contributed by atoms with Crippen molar-refractivity contribution in [3.63, 3.8) is 0 Å². The van der Waals surface area contributed by atoms with E-state index in [-0.39, 0.29) is 23.3 Å². The summed E-state index contributed by atoms with van der Waals surface area (Å²) in [6.45, 7) is 2.06. The Hall–Kier alpha value is -4.27. The Morgan fingerprint density at radius 1 is 1.06 bits per heavy atom. The summed E-state index contributed by atoms with van der Waals surface area (Å²) in [6, 6.07) is 9.71. The fourth-order valence-corrected chi connectivity index (χ4v) is 3.80. The Bertz CT molecular complexity index is 1280. The van der Waals surface area contributed by atoms with Crippen LogP contribution in [0.15, 0.2) is 48.2 Å². The number of aromatic hydroxyl groups is 1. The smallest absolute Gasteiger partial charge is 0.340 e. The van der Waals surface area contributed by atoms with Gasteiger partial charge in [0.05, 0.1) is 44.5 Å². The molecule has 0 saturated carbocycles. The van der Waals surface area contributed by atoms with Gasteiger partial charge >= 0.3 is 11.9 Å². The van der Waals surface area contributed by atoms with Crippen molar-refractivity contribution < 1.29 is 34.0 Å². The number of hydrogen-bond donors (Lipinski definition) is 2. The Morgan fingerprint density at radius 3 is 2.36 bits per heavy atom. The van der Waals surface area contributed by atoms with Crippen LogP contribution in [-0.4, -0.2) is 53.0 Å². The van der Waals surface area contributed by atoms with E-state index in [0.29, 0.717) is 40.7 Å². The molecule has 0 bridgehead atoms. The van der Waals surface area contributed by atoms with E-state index in [4.69, 9.17) is 14.2 Å². The summed E-state index contributed by atoms with van der Waals surface area (Å²) in [5.41, 5.74) is 1.69. The molecule has 9 heteroatoms. The lowest BCUT2D eigenvalue weighted by atomic mass is 10.0. The van der Waals surface area contributed by atoms with Gasteiger partial charge in [-0.1, -0.05) is 19.4 Å². The molecule has 2 aromatic carbocycles. The lowest BCUT2D eigenvalue weighted by Crippen LogP contribution is -2.12. The number of nitrogens with zero attached hydrogens (tertiary/aromatic N) is 2. The molecule has 2 N–H and O–H groups in total. The summed E-state index contributed by atoms with van der Waals surface area (Å²) in [7, 11) is 4.28. The molecule has 190 valence electrons. The number of unbranched alkanes of at least 4 members (excludes halogenated alkanes) is 1. The molecule has 0 unspecified atom stereocenters. The van der Waals surface area contributed by atoms with Gasteiger partial charge in [-0.2, -0.15) is 0 Å². The van der Waals surface area contributed by atoms with Crippen LogP contribution in [0.4, 0.5) is 0 Å². The summed E-state index contributed by atoms with van der Waals surface area (Å²) in [5.74, 6) is -0.151. The standard InChI is InChI=1S/C27H30N2O7/c1-5-6-7-25-28-16-19(29(25)23-11-10-20(34-2)14-22(23)27(33)36-4)13-18(26(31)32)12-17-8-9-21(35-3)15-24(17)30/h8-11,13-16,30H,5-7,12H2,1-4H3,(H,31,32). The van der Waals surface area contributed by atoms with Gasteiger partial charge in [0.25, 0.3) is 0 Å².